The van der Waals surface area contributed by atoms with E-state index in [0.29, 0.717) is 14.7 Å². The number of nitrogens with one attached hydrogen (secondary N) is 1. The number of hydrogen-bond acceptors (Lipinski definition) is 3. The van der Waals surface area contributed by atoms with Crippen molar-refractivity contribution in [1.29, 1.82) is 0 Å². The molecule has 2 N–H and O–H groups in total. The second-order valence-corrected chi connectivity index (χ2v) is 5.16. The monoisotopic (exact) mass is 379 g/mol. The predicted molar refractivity (Wildman–Crippen MR) is 72.6 cm³/mol. The first-order chi connectivity index (χ1) is 8.41. The quantitative estimate of drug-likeness (QED) is 0.820. The Morgan fingerprint density at radius 3 is 2.39 bits per heavy atom. The Bertz CT molecular complexity index is 444. The van der Waals surface area contributed by atoms with E-state index in [4.69, 9.17) is 9.84 Å². The molecule has 1 rings (SSSR count). The number of ether oxygens (including phenoxy) is 1. The Morgan fingerprint density at radius 1 is 1.39 bits per heavy atom. The maximum atomic E-state index is 10.9. The van der Waals surface area contributed by atoms with E-state index in [1.807, 2.05) is 6.07 Å². The summed E-state index contributed by atoms with van der Waals surface area (Å²) in [6.45, 7) is 1.10. The van der Waals surface area contributed by atoms with Gasteiger partial charge in [0.05, 0.1) is 8.95 Å². The normalized spacial score (nSPS) is 11.7. The maximum Gasteiger partial charge on any atom is 0.329 e. The van der Waals surface area contributed by atoms with Gasteiger partial charge in [0, 0.05) is 6.92 Å². The van der Waals surface area contributed by atoms with Gasteiger partial charge < -0.3 is 15.2 Å². The van der Waals surface area contributed by atoms with Gasteiger partial charge in [-0.15, -0.1) is 0 Å². The Hall–Kier alpha value is -1.08. The summed E-state index contributed by atoms with van der Waals surface area (Å²) in [4.78, 5) is 21.8. The van der Waals surface area contributed by atoms with Crippen LogP contribution in [0, 0.1) is 0 Å². The third-order valence-electron chi connectivity index (χ3n) is 1.99. The van der Waals surface area contributed by atoms with Crippen molar-refractivity contribution in [3.63, 3.8) is 0 Å². The summed E-state index contributed by atoms with van der Waals surface area (Å²) in [7, 11) is 0. The Morgan fingerprint density at radius 2 is 1.94 bits per heavy atom. The van der Waals surface area contributed by atoms with Gasteiger partial charge in [0.1, 0.15) is 12.4 Å². The van der Waals surface area contributed by atoms with E-state index < -0.39 is 17.9 Å². The van der Waals surface area contributed by atoms with Gasteiger partial charge in [-0.1, -0.05) is 6.07 Å². The van der Waals surface area contributed by atoms with Crippen LogP contribution in [-0.4, -0.2) is 29.6 Å². The lowest BCUT2D eigenvalue weighted by Gasteiger charge is -2.16. The van der Waals surface area contributed by atoms with Gasteiger partial charge in [-0.2, -0.15) is 0 Å². The average molecular weight is 381 g/mol. The summed E-state index contributed by atoms with van der Waals surface area (Å²) < 4.78 is 6.80. The zero-order chi connectivity index (χ0) is 13.7. The van der Waals surface area contributed by atoms with Crippen molar-refractivity contribution in [2.45, 2.75) is 13.0 Å². The zero-order valence-electron chi connectivity index (χ0n) is 9.44. The number of para-hydroxylation sites is 1. The minimum atomic E-state index is -1.15. The van der Waals surface area contributed by atoms with E-state index in [1.54, 1.807) is 12.1 Å². The molecule has 0 bridgehead atoms. The van der Waals surface area contributed by atoms with Gasteiger partial charge in [-0.25, -0.2) is 4.79 Å². The number of amides is 1. The van der Waals surface area contributed by atoms with Crippen LogP contribution in [0.2, 0.25) is 0 Å². The minimum absolute atomic E-state index is 0.157. The van der Waals surface area contributed by atoms with Gasteiger partial charge in [0.25, 0.3) is 0 Å². The van der Waals surface area contributed by atoms with Crippen molar-refractivity contribution in [2.24, 2.45) is 0 Å². The number of hydrogen-bond donors (Lipinski definition) is 2. The molecule has 0 fully saturated rings. The fourth-order valence-electron chi connectivity index (χ4n) is 1.21. The molecule has 1 aromatic carbocycles. The summed E-state index contributed by atoms with van der Waals surface area (Å²) in [5.41, 5.74) is 0. The number of halogens is 2. The number of rotatable bonds is 5. The van der Waals surface area contributed by atoms with E-state index in [9.17, 15) is 9.59 Å². The highest BCUT2D eigenvalue weighted by molar-refractivity contribution is 9.11. The summed E-state index contributed by atoms with van der Waals surface area (Å²) >= 11 is 6.59. The largest absolute Gasteiger partial charge is 0.488 e. The number of aliphatic carboxylic acids is 1. The number of carboxylic acids is 1. The molecule has 0 radical (unpaired) electrons. The van der Waals surface area contributed by atoms with Gasteiger partial charge in [0.2, 0.25) is 5.91 Å². The second-order valence-electron chi connectivity index (χ2n) is 3.45. The topological polar surface area (TPSA) is 75.6 Å². The molecule has 1 atom stereocenters. The average Bonchev–Trinajstić information content (AvgIpc) is 2.26. The molecule has 1 unspecified atom stereocenters. The number of benzene rings is 1. The fraction of sp³-hybridized carbons (Fsp3) is 0.273. The molecule has 5 nitrogen and oxygen atoms in total. The van der Waals surface area contributed by atoms with Crippen LogP contribution >= 0.6 is 31.9 Å². The van der Waals surface area contributed by atoms with Crippen LogP contribution in [0.4, 0.5) is 0 Å². The predicted octanol–water partition coefficient (Wildman–Crippen LogP) is 2.18. The zero-order valence-corrected chi connectivity index (χ0v) is 12.6. The summed E-state index contributed by atoms with van der Waals surface area (Å²) in [5, 5.41) is 11.2. The van der Waals surface area contributed by atoms with E-state index in [0.717, 1.165) is 0 Å². The SMILES string of the molecule is CC(=O)NC(COc1c(Br)cccc1Br)C(=O)O. The van der Waals surface area contributed by atoms with Crippen molar-refractivity contribution in [1.82, 2.24) is 5.32 Å². The van der Waals surface area contributed by atoms with Crippen LogP contribution in [0.1, 0.15) is 6.92 Å². The molecule has 98 valence electrons. The molecule has 0 aliphatic rings. The fourth-order valence-corrected chi connectivity index (χ4v) is 2.43. The van der Waals surface area contributed by atoms with Crippen LogP contribution in [-0.2, 0) is 9.59 Å². The minimum Gasteiger partial charge on any atom is -0.488 e. The van der Waals surface area contributed by atoms with Crippen molar-refractivity contribution >= 4 is 43.7 Å². The number of carbonyl (C=O) groups is 2. The molecule has 18 heavy (non-hydrogen) atoms. The maximum absolute atomic E-state index is 10.9. The smallest absolute Gasteiger partial charge is 0.329 e. The van der Waals surface area contributed by atoms with Crippen LogP contribution in [0.5, 0.6) is 5.75 Å². The molecule has 1 aromatic rings. The van der Waals surface area contributed by atoms with E-state index in [2.05, 4.69) is 37.2 Å². The highest BCUT2D eigenvalue weighted by Gasteiger charge is 2.20. The lowest BCUT2D eigenvalue weighted by atomic mass is 10.3. The first kappa shape index (κ1) is 15.0. The molecule has 0 aliphatic carbocycles. The molecule has 1 amide bonds. The highest BCUT2D eigenvalue weighted by atomic mass is 79.9. The molecule has 0 heterocycles. The van der Waals surface area contributed by atoms with Crippen molar-refractivity contribution < 1.29 is 19.4 Å². The molecule has 0 spiro atoms. The molecular formula is C11H11Br2NO4. The van der Waals surface area contributed by atoms with Crippen LogP contribution in [0.25, 0.3) is 0 Å². The van der Waals surface area contributed by atoms with Gasteiger partial charge in [-0.05, 0) is 44.0 Å². The number of carboxylic acid groups (broad SMARTS) is 1. The molecule has 7 heteroatoms. The summed E-state index contributed by atoms with van der Waals surface area (Å²) in [6.07, 6.45) is 0. The number of carbonyl (C=O) groups excluding carboxylic acids is 1. The molecule has 0 aliphatic heterocycles. The third-order valence-corrected chi connectivity index (χ3v) is 3.24. The molecule has 0 aromatic heterocycles. The van der Waals surface area contributed by atoms with Gasteiger partial charge in [-0.3, -0.25) is 4.79 Å². The van der Waals surface area contributed by atoms with Crippen LogP contribution < -0.4 is 10.1 Å². The Kier molecular flexibility index (Phi) is 5.61. The lowest BCUT2D eigenvalue weighted by molar-refractivity contribution is -0.142. The van der Waals surface area contributed by atoms with E-state index in [-0.39, 0.29) is 6.61 Å². The lowest BCUT2D eigenvalue weighted by Crippen LogP contribution is -2.43. The van der Waals surface area contributed by atoms with Gasteiger partial charge in [0.15, 0.2) is 6.04 Å². The molecule has 0 saturated heterocycles. The Balaban J connectivity index is 2.73. The first-order valence-electron chi connectivity index (χ1n) is 4.98. The van der Waals surface area contributed by atoms with Crippen LogP contribution in [0.15, 0.2) is 27.1 Å². The van der Waals surface area contributed by atoms with Gasteiger partial charge >= 0.3 is 5.97 Å². The van der Waals surface area contributed by atoms with Crippen molar-refractivity contribution in [3.8, 4) is 5.75 Å². The third kappa shape index (κ3) is 4.30. The highest BCUT2D eigenvalue weighted by Crippen LogP contribution is 2.32. The summed E-state index contributed by atoms with van der Waals surface area (Å²) in [6, 6.07) is 4.27. The molecular weight excluding hydrogens is 370 g/mol. The van der Waals surface area contributed by atoms with Crippen LogP contribution in [0.3, 0.4) is 0 Å². The van der Waals surface area contributed by atoms with Crippen molar-refractivity contribution in [3.05, 3.63) is 27.1 Å². The van der Waals surface area contributed by atoms with Crippen molar-refractivity contribution in [2.75, 3.05) is 6.61 Å². The summed E-state index contributed by atoms with van der Waals surface area (Å²) in [5.74, 6) is -1.07. The first-order valence-corrected chi connectivity index (χ1v) is 6.57. The second kappa shape index (κ2) is 6.75. The standard InChI is InChI=1S/C11H11Br2NO4/c1-6(15)14-9(11(16)17)5-18-10-7(12)3-2-4-8(10)13/h2-4,9H,5H2,1H3,(H,14,15)(H,16,17). The molecule has 0 saturated carbocycles. The van der Waals surface area contributed by atoms with E-state index in [1.165, 1.54) is 6.92 Å². The Labute approximate surface area is 121 Å². The van der Waals surface area contributed by atoms with E-state index >= 15 is 0 Å².